The first-order chi connectivity index (χ1) is 9.32. The lowest BCUT2D eigenvalue weighted by molar-refractivity contribution is 0.285. The largest absolute Gasteiger partial charge is 0.391 e. The van der Waals surface area contributed by atoms with Crippen LogP contribution in [0.25, 0.3) is 0 Å². The van der Waals surface area contributed by atoms with Gasteiger partial charge in [0.05, 0.1) is 11.5 Å². The molecule has 20 heavy (non-hydrogen) atoms. The topological polar surface area (TPSA) is 60.9 Å². The molecule has 0 atom stereocenters. The van der Waals surface area contributed by atoms with Gasteiger partial charge in [-0.3, -0.25) is 0 Å². The molecule has 116 valence electrons. The molecule has 0 aliphatic carbocycles. The van der Waals surface area contributed by atoms with Crippen LogP contribution in [0.4, 0.5) is 0 Å². The molecule has 0 radical (unpaired) electrons. The van der Waals surface area contributed by atoms with E-state index < -0.39 is 10.0 Å². The Bertz CT molecular complexity index is 524. The molecule has 1 aromatic heterocycles. The molecule has 1 heterocycles. The molecule has 0 fully saturated rings. The first-order valence-corrected chi connectivity index (χ1v) is 8.93. The highest BCUT2D eigenvalue weighted by Crippen LogP contribution is 2.28. The van der Waals surface area contributed by atoms with Gasteiger partial charge in [0.1, 0.15) is 0 Å². The van der Waals surface area contributed by atoms with Crippen molar-refractivity contribution in [3.05, 3.63) is 15.8 Å². The van der Waals surface area contributed by atoms with E-state index in [4.69, 9.17) is 5.11 Å². The van der Waals surface area contributed by atoms with Crippen molar-refractivity contribution in [3.8, 4) is 0 Å². The highest BCUT2D eigenvalue weighted by Gasteiger charge is 2.26. The van der Waals surface area contributed by atoms with Gasteiger partial charge in [-0.2, -0.15) is 4.31 Å². The number of aryl methyl sites for hydroxylation is 1. The summed E-state index contributed by atoms with van der Waals surface area (Å²) in [5, 5.41) is 9.14. The van der Waals surface area contributed by atoms with E-state index in [0.717, 1.165) is 17.8 Å². The maximum Gasteiger partial charge on any atom is 0.244 e. The standard InChI is InChI=1S/C13H24N2O3S2/c1-5-15(8-6-7-14(3)4)20(17,18)13-9-12(10-16)19-11(13)2/h9,16H,5-8,10H2,1-4H3. The number of nitrogens with zero attached hydrogens (tertiary/aromatic N) is 2. The fraction of sp³-hybridized carbons (Fsp3) is 0.692. The Balaban J connectivity index is 2.90. The second-order valence-corrected chi connectivity index (χ2v) is 8.19. The van der Waals surface area contributed by atoms with E-state index in [1.54, 1.807) is 13.0 Å². The number of hydrogen-bond donors (Lipinski definition) is 1. The zero-order valence-corrected chi connectivity index (χ0v) is 14.2. The van der Waals surface area contributed by atoms with E-state index in [0.29, 0.717) is 22.9 Å². The van der Waals surface area contributed by atoms with Gasteiger partial charge in [-0.1, -0.05) is 6.92 Å². The molecular weight excluding hydrogens is 296 g/mol. The molecule has 7 heteroatoms. The van der Waals surface area contributed by atoms with Crippen LogP contribution in [-0.2, 0) is 16.6 Å². The Morgan fingerprint density at radius 3 is 2.40 bits per heavy atom. The first kappa shape index (κ1) is 17.6. The van der Waals surface area contributed by atoms with Crippen molar-refractivity contribution < 1.29 is 13.5 Å². The van der Waals surface area contributed by atoms with Crippen molar-refractivity contribution in [3.63, 3.8) is 0 Å². The van der Waals surface area contributed by atoms with Crippen molar-refractivity contribution >= 4 is 21.4 Å². The fourth-order valence-corrected chi connectivity index (χ4v) is 4.96. The number of aliphatic hydroxyl groups is 1. The third-order valence-electron chi connectivity index (χ3n) is 3.06. The van der Waals surface area contributed by atoms with E-state index in [1.165, 1.54) is 15.6 Å². The zero-order chi connectivity index (χ0) is 15.3. The summed E-state index contributed by atoms with van der Waals surface area (Å²) in [5.74, 6) is 0. The molecular formula is C13H24N2O3S2. The third-order valence-corrected chi connectivity index (χ3v) is 6.33. The third kappa shape index (κ3) is 4.26. The van der Waals surface area contributed by atoms with Crippen LogP contribution < -0.4 is 0 Å². The number of hydrogen-bond acceptors (Lipinski definition) is 5. The number of aliphatic hydroxyl groups excluding tert-OH is 1. The molecule has 0 spiro atoms. The van der Waals surface area contributed by atoms with Crippen LogP contribution in [0.1, 0.15) is 23.1 Å². The summed E-state index contributed by atoms with van der Waals surface area (Å²) in [6.45, 7) is 5.34. The summed E-state index contributed by atoms with van der Waals surface area (Å²) in [7, 11) is 0.492. The van der Waals surface area contributed by atoms with Crippen LogP contribution in [0.5, 0.6) is 0 Å². The zero-order valence-electron chi connectivity index (χ0n) is 12.6. The second-order valence-electron chi connectivity index (χ2n) is 4.94. The van der Waals surface area contributed by atoms with E-state index in [-0.39, 0.29) is 6.61 Å². The SMILES string of the molecule is CCN(CCCN(C)C)S(=O)(=O)c1cc(CO)sc1C. The van der Waals surface area contributed by atoms with E-state index in [2.05, 4.69) is 0 Å². The molecule has 1 rings (SSSR count). The van der Waals surface area contributed by atoms with Crippen molar-refractivity contribution in [1.29, 1.82) is 0 Å². The van der Waals surface area contributed by atoms with Crippen molar-refractivity contribution in [2.45, 2.75) is 31.8 Å². The summed E-state index contributed by atoms with van der Waals surface area (Å²) in [4.78, 5) is 3.80. The summed E-state index contributed by atoms with van der Waals surface area (Å²) >= 11 is 1.33. The monoisotopic (exact) mass is 320 g/mol. The molecule has 1 aromatic rings. The lowest BCUT2D eigenvalue weighted by Crippen LogP contribution is -2.33. The molecule has 0 saturated carbocycles. The predicted octanol–water partition coefficient (Wildman–Crippen LogP) is 1.51. The average Bonchev–Trinajstić information content (AvgIpc) is 2.76. The molecule has 0 unspecified atom stereocenters. The second kappa shape index (κ2) is 7.51. The Morgan fingerprint density at radius 2 is 1.95 bits per heavy atom. The van der Waals surface area contributed by atoms with Crippen molar-refractivity contribution in [2.75, 3.05) is 33.7 Å². The van der Waals surface area contributed by atoms with Crippen LogP contribution in [0.3, 0.4) is 0 Å². The van der Waals surface area contributed by atoms with Gasteiger partial charge in [-0.25, -0.2) is 8.42 Å². The van der Waals surface area contributed by atoms with Crippen molar-refractivity contribution in [2.24, 2.45) is 0 Å². The Morgan fingerprint density at radius 1 is 1.30 bits per heavy atom. The maximum atomic E-state index is 12.6. The van der Waals surface area contributed by atoms with Crippen LogP contribution >= 0.6 is 11.3 Å². The van der Waals surface area contributed by atoms with Gasteiger partial charge < -0.3 is 10.0 Å². The van der Waals surface area contributed by atoms with Crippen LogP contribution in [0.15, 0.2) is 11.0 Å². The van der Waals surface area contributed by atoms with Crippen LogP contribution in [0, 0.1) is 6.92 Å². The fourth-order valence-electron chi connectivity index (χ4n) is 2.01. The van der Waals surface area contributed by atoms with E-state index >= 15 is 0 Å². The van der Waals surface area contributed by atoms with Gasteiger partial charge in [-0.15, -0.1) is 11.3 Å². The summed E-state index contributed by atoms with van der Waals surface area (Å²) in [5.41, 5.74) is 0. The highest BCUT2D eigenvalue weighted by molar-refractivity contribution is 7.89. The Kier molecular flexibility index (Phi) is 6.60. The van der Waals surface area contributed by atoms with Gasteiger partial charge in [0.25, 0.3) is 0 Å². The molecule has 5 nitrogen and oxygen atoms in total. The Hall–Kier alpha value is -0.470. The van der Waals surface area contributed by atoms with Crippen LogP contribution in [0.2, 0.25) is 0 Å². The number of sulfonamides is 1. The summed E-state index contributed by atoms with van der Waals surface area (Å²) in [6.07, 6.45) is 0.802. The minimum Gasteiger partial charge on any atom is -0.391 e. The molecule has 1 N–H and O–H groups in total. The van der Waals surface area contributed by atoms with Gasteiger partial charge in [0.2, 0.25) is 10.0 Å². The predicted molar refractivity (Wildman–Crippen MR) is 82.6 cm³/mol. The summed E-state index contributed by atoms with van der Waals surface area (Å²) in [6, 6.07) is 1.59. The molecule has 0 aliphatic rings. The van der Waals surface area contributed by atoms with Crippen LogP contribution in [-0.4, -0.2) is 56.5 Å². The smallest absolute Gasteiger partial charge is 0.244 e. The molecule has 0 aromatic carbocycles. The normalized spacial score (nSPS) is 12.6. The van der Waals surface area contributed by atoms with Gasteiger partial charge >= 0.3 is 0 Å². The highest BCUT2D eigenvalue weighted by atomic mass is 32.2. The lowest BCUT2D eigenvalue weighted by Gasteiger charge is -2.21. The average molecular weight is 320 g/mol. The van der Waals surface area contributed by atoms with Crippen molar-refractivity contribution in [1.82, 2.24) is 9.21 Å². The summed E-state index contributed by atoms with van der Waals surface area (Å²) < 4.78 is 26.8. The minimum atomic E-state index is -3.45. The Labute approximate surface area is 125 Å². The lowest BCUT2D eigenvalue weighted by atomic mass is 10.4. The number of rotatable bonds is 8. The molecule has 0 aliphatic heterocycles. The van der Waals surface area contributed by atoms with E-state index in [1.807, 2.05) is 25.9 Å². The molecule has 0 amide bonds. The first-order valence-electron chi connectivity index (χ1n) is 6.68. The van der Waals surface area contributed by atoms with Gasteiger partial charge in [0.15, 0.2) is 0 Å². The minimum absolute atomic E-state index is 0.117. The van der Waals surface area contributed by atoms with Gasteiger partial charge in [0, 0.05) is 22.8 Å². The number of thiophene rings is 1. The van der Waals surface area contributed by atoms with Gasteiger partial charge in [-0.05, 0) is 40.1 Å². The maximum absolute atomic E-state index is 12.6. The molecule has 0 bridgehead atoms. The van der Waals surface area contributed by atoms with E-state index in [9.17, 15) is 8.42 Å². The quantitative estimate of drug-likeness (QED) is 0.789. The molecule has 0 saturated heterocycles.